The lowest BCUT2D eigenvalue weighted by atomic mass is 10.0. The van der Waals surface area contributed by atoms with E-state index in [2.05, 4.69) is 5.32 Å². The van der Waals surface area contributed by atoms with Gasteiger partial charge >= 0.3 is 0 Å². The first-order valence-corrected chi connectivity index (χ1v) is 13.4. The van der Waals surface area contributed by atoms with Gasteiger partial charge in [-0.1, -0.05) is 85.1 Å². The van der Waals surface area contributed by atoms with Gasteiger partial charge in [-0.25, -0.2) is 0 Å². The number of hydrogen-bond acceptors (Lipinski definition) is 3. The molecule has 4 rings (SSSR count). The number of rotatable bonds is 11. The van der Waals surface area contributed by atoms with Crippen molar-refractivity contribution in [2.45, 2.75) is 63.6 Å². The largest absolute Gasteiger partial charge is 0.497 e. The zero-order valence-electron chi connectivity index (χ0n) is 21.4. The summed E-state index contributed by atoms with van der Waals surface area (Å²) in [5, 5.41) is 3.89. The normalized spacial score (nSPS) is 14.2. The van der Waals surface area contributed by atoms with Crippen LogP contribution in [0.1, 0.15) is 48.8 Å². The number of ether oxygens (including phenoxy) is 1. The lowest BCUT2D eigenvalue weighted by molar-refractivity contribution is -0.141. The highest BCUT2D eigenvalue weighted by molar-refractivity contribution is 6.31. The molecule has 1 unspecified atom stereocenters. The van der Waals surface area contributed by atoms with E-state index in [4.69, 9.17) is 16.3 Å². The van der Waals surface area contributed by atoms with E-state index in [1.807, 2.05) is 78.9 Å². The lowest BCUT2D eigenvalue weighted by Crippen LogP contribution is -2.52. The Labute approximate surface area is 224 Å². The van der Waals surface area contributed by atoms with Crippen LogP contribution in [0.25, 0.3) is 0 Å². The summed E-state index contributed by atoms with van der Waals surface area (Å²) in [5.74, 6) is 0.547. The minimum Gasteiger partial charge on any atom is -0.497 e. The van der Waals surface area contributed by atoms with E-state index in [9.17, 15) is 9.59 Å². The minimum absolute atomic E-state index is 0.0785. The van der Waals surface area contributed by atoms with Crippen LogP contribution in [0, 0.1) is 0 Å². The average molecular weight is 519 g/mol. The van der Waals surface area contributed by atoms with Gasteiger partial charge in [-0.3, -0.25) is 9.59 Å². The van der Waals surface area contributed by atoms with Crippen molar-refractivity contribution in [3.05, 3.63) is 101 Å². The maximum Gasteiger partial charge on any atom is 0.243 e. The predicted molar refractivity (Wildman–Crippen MR) is 148 cm³/mol. The third-order valence-corrected chi connectivity index (χ3v) is 7.39. The molecule has 1 aliphatic rings. The Morgan fingerprint density at radius 2 is 1.68 bits per heavy atom. The molecule has 0 aromatic heterocycles. The van der Waals surface area contributed by atoms with Crippen LogP contribution in [-0.2, 0) is 29.0 Å². The Hall–Kier alpha value is -3.31. The van der Waals surface area contributed by atoms with E-state index in [-0.39, 0.29) is 24.3 Å². The molecule has 37 heavy (non-hydrogen) atoms. The predicted octanol–water partition coefficient (Wildman–Crippen LogP) is 5.98. The fraction of sp³-hybridized carbons (Fsp3) is 0.355. The Morgan fingerprint density at radius 3 is 2.41 bits per heavy atom. The Balaban J connectivity index is 1.63. The Kier molecular flexibility index (Phi) is 9.61. The molecule has 0 radical (unpaired) electrons. The maximum absolute atomic E-state index is 13.8. The third-order valence-electron chi connectivity index (χ3n) is 7.03. The fourth-order valence-corrected chi connectivity index (χ4v) is 5.21. The molecule has 1 N–H and O–H groups in total. The number of methoxy groups -OCH3 is 1. The summed E-state index contributed by atoms with van der Waals surface area (Å²) in [4.78, 5) is 29.3. The molecule has 1 atom stereocenters. The number of carbonyl (C=O) groups is 2. The van der Waals surface area contributed by atoms with Crippen LogP contribution in [-0.4, -0.2) is 35.9 Å². The number of nitrogens with zero attached hydrogens (tertiary/aromatic N) is 1. The van der Waals surface area contributed by atoms with Crippen LogP contribution in [0.5, 0.6) is 5.75 Å². The Morgan fingerprint density at radius 1 is 0.973 bits per heavy atom. The molecule has 0 saturated heterocycles. The lowest BCUT2D eigenvalue weighted by Gasteiger charge is -2.32. The van der Waals surface area contributed by atoms with Gasteiger partial charge in [0.1, 0.15) is 11.8 Å². The minimum atomic E-state index is -0.632. The van der Waals surface area contributed by atoms with Crippen molar-refractivity contribution in [3.63, 3.8) is 0 Å². The molecule has 6 heteroatoms. The highest BCUT2D eigenvalue weighted by Crippen LogP contribution is 2.23. The van der Waals surface area contributed by atoms with Gasteiger partial charge in [-0.05, 0) is 54.2 Å². The number of nitrogens with one attached hydrogen (secondary N) is 1. The van der Waals surface area contributed by atoms with Gasteiger partial charge in [0.25, 0.3) is 0 Å². The van der Waals surface area contributed by atoms with Crippen molar-refractivity contribution in [3.8, 4) is 5.75 Å². The molecule has 3 aromatic rings. The van der Waals surface area contributed by atoms with Gasteiger partial charge in [0.2, 0.25) is 11.8 Å². The zero-order valence-corrected chi connectivity index (χ0v) is 22.1. The summed E-state index contributed by atoms with van der Waals surface area (Å²) in [6.45, 7) is 0.314. The molecule has 1 fully saturated rings. The molecule has 2 amide bonds. The van der Waals surface area contributed by atoms with Crippen molar-refractivity contribution in [1.29, 1.82) is 0 Å². The van der Waals surface area contributed by atoms with E-state index in [0.29, 0.717) is 24.4 Å². The van der Waals surface area contributed by atoms with Gasteiger partial charge < -0.3 is 15.0 Å². The average Bonchev–Trinajstić information content (AvgIpc) is 3.43. The van der Waals surface area contributed by atoms with Crippen LogP contribution in [0.3, 0.4) is 0 Å². The SMILES string of the molecule is COc1cccc(CN(C(=O)CCc2ccccc2Cl)C(Cc2ccccc2)C(=O)NC2CCCC2)c1. The molecule has 0 aliphatic heterocycles. The van der Waals surface area contributed by atoms with Crippen LogP contribution in [0.2, 0.25) is 5.02 Å². The second kappa shape index (κ2) is 13.3. The summed E-state index contributed by atoms with van der Waals surface area (Å²) < 4.78 is 5.41. The summed E-state index contributed by atoms with van der Waals surface area (Å²) >= 11 is 6.36. The molecule has 5 nitrogen and oxygen atoms in total. The summed E-state index contributed by atoms with van der Waals surface area (Å²) in [6, 6.07) is 24.7. The van der Waals surface area contributed by atoms with Gasteiger partial charge in [-0.2, -0.15) is 0 Å². The van der Waals surface area contributed by atoms with Crippen molar-refractivity contribution >= 4 is 23.4 Å². The first-order chi connectivity index (χ1) is 18.0. The molecule has 1 saturated carbocycles. The van der Waals surface area contributed by atoms with Crippen LogP contribution in [0.15, 0.2) is 78.9 Å². The number of halogens is 1. The molecule has 1 aliphatic carbocycles. The van der Waals surface area contributed by atoms with E-state index in [1.165, 1.54) is 0 Å². The van der Waals surface area contributed by atoms with Crippen LogP contribution < -0.4 is 10.1 Å². The van der Waals surface area contributed by atoms with E-state index < -0.39 is 6.04 Å². The fourth-order valence-electron chi connectivity index (χ4n) is 4.98. The van der Waals surface area contributed by atoms with Crippen molar-refractivity contribution < 1.29 is 14.3 Å². The van der Waals surface area contributed by atoms with E-state index in [0.717, 1.165) is 48.1 Å². The molecular weight excluding hydrogens is 484 g/mol. The maximum atomic E-state index is 13.8. The van der Waals surface area contributed by atoms with Crippen LogP contribution in [0.4, 0.5) is 0 Å². The number of carbonyl (C=O) groups excluding carboxylic acids is 2. The number of aryl methyl sites for hydroxylation is 1. The smallest absolute Gasteiger partial charge is 0.243 e. The van der Waals surface area contributed by atoms with Crippen molar-refractivity contribution in [1.82, 2.24) is 10.2 Å². The molecule has 3 aromatic carbocycles. The summed E-state index contributed by atoms with van der Waals surface area (Å²) in [5.41, 5.74) is 2.86. The Bertz CT molecular complexity index is 1180. The number of hydrogen-bond donors (Lipinski definition) is 1. The molecule has 194 valence electrons. The first-order valence-electron chi connectivity index (χ1n) is 13.0. The van der Waals surface area contributed by atoms with Crippen molar-refractivity contribution in [2.75, 3.05) is 7.11 Å². The summed E-state index contributed by atoms with van der Waals surface area (Å²) in [6.07, 6.45) is 5.43. The van der Waals surface area contributed by atoms with Gasteiger partial charge in [-0.15, -0.1) is 0 Å². The number of amides is 2. The topological polar surface area (TPSA) is 58.6 Å². The quantitative estimate of drug-likeness (QED) is 0.339. The molecular formula is C31H35ClN2O3. The first kappa shape index (κ1) is 26.7. The monoisotopic (exact) mass is 518 g/mol. The van der Waals surface area contributed by atoms with Gasteiger partial charge in [0.05, 0.1) is 7.11 Å². The van der Waals surface area contributed by atoms with Gasteiger partial charge in [0.15, 0.2) is 0 Å². The third kappa shape index (κ3) is 7.59. The zero-order chi connectivity index (χ0) is 26.0. The highest BCUT2D eigenvalue weighted by Gasteiger charge is 2.32. The second-order valence-corrected chi connectivity index (χ2v) is 10.1. The van der Waals surface area contributed by atoms with Crippen LogP contribution >= 0.6 is 11.6 Å². The second-order valence-electron chi connectivity index (χ2n) is 9.66. The van der Waals surface area contributed by atoms with E-state index in [1.54, 1.807) is 12.0 Å². The number of benzene rings is 3. The van der Waals surface area contributed by atoms with Gasteiger partial charge in [0, 0.05) is 30.5 Å². The van der Waals surface area contributed by atoms with E-state index >= 15 is 0 Å². The summed E-state index contributed by atoms with van der Waals surface area (Å²) in [7, 11) is 1.62. The standard InChI is InChI=1S/C31H35ClN2O3/c1-37-27-16-9-12-24(20-27)22-34(30(35)19-18-25-13-5-8-17-28(25)32)29(21-23-10-3-2-4-11-23)31(36)33-26-14-6-7-15-26/h2-5,8-13,16-17,20,26,29H,6-7,14-15,18-19,21-22H2,1H3,(H,33,36). The molecule has 0 heterocycles. The van der Waals surface area contributed by atoms with Crippen molar-refractivity contribution in [2.24, 2.45) is 0 Å². The highest BCUT2D eigenvalue weighted by atomic mass is 35.5. The molecule has 0 spiro atoms. The molecule has 0 bridgehead atoms.